The average molecular weight is 418 g/mol. The van der Waals surface area contributed by atoms with Gasteiger partial charge in [-0.1, -0.05) is 23.7 Å². The van der Waals surface area contributed by atoms with Crippen LogP contribution in [0.15, 0.2) is 53.4 Å². The van der Waals surface area contributed by atoms with Crippen molar-refractivity contribution in [1.29, 1.82) is 0 Å². The third kappa shape index (κ3) is 5.99. The molecule has 0 spiro atoms. The molecule has 5 nitrogen and oxygen atoms in total. The van der Waals surface area contributed by atoms with Gasteiger partial charge >= 0.3 is 0 Å². The zero-order valence-electron chi connectivity index (χ0n) is 15.6. The van der Waals surface area contributed by atoms with Crippen LogP contribution in [0.1, 0.15) is 24.8 Å². The third-order valence-electron chi connectivity index (χ3n) is 4.70. The van der Waals surface area contributed by atoms with Gasteiger partial charge in [-0.05, 0) is 61.3 Å². The van der Waals surface area contributed by atoms with Gasteiger partial charge in [-0.25, -0.2) is 0 Å². The second-order valence-corrected chi connectivity index (χ2v) is 8.44. The lowest BCUT2D eigenvalue weighted by Crippen LogP contribution is -2.39. The first-order valence-electron chi connectivity index (χ1n) is 9.32. The molecule has 1 aliphatic rings. The molecule has 1 saturated heterocycles. The van der Waals surface area contributed by atoms with Crippen molar-refractivity contribution in [2.75, 3.05) is 17.6 Å². The minimum Gasteiger partial charge on any atom is -0.368 e. The highest BCUT2D eigenvalue weighted by atomic mass is 35.5. The maximum Gasteiger partial charge on any atom is 0.234 e. The first-order chi connectivity index (χ1) is 13.5. The average Bonchev–Trinajstić information content (AvgIpc) is 3.12. The van der Waals surface area contributed by atoms with Crippen molar-refractivity contribution >= 4 is 40.9 Å². The van der Waals surface area contributed by atoms with Gasteiger partial charge in [0.15, 0.2) is 0 Å². The third-order valence-corrected chi connectivity index (χ3v) is 5.97. The van der Waals surface area contributed by atoms with Crippen LogP contribution < -0.4 is 11.1 Å². The number of thioether (sulfide) groups is 1. The summed E-state index contributed by atoms with van der Waals surface area (Å²) in [6, 6.07) is 15.2. The first kappa shape index (κ1) is 20.7. The van der Waals surface area contributed by atoms with Crippen molar-refractivity contribution in [1.82, 2.24) is 4.90 Å². The number of amides is 2. The zero-order valence-corrected chi connectivity index (χ0v) is 17.1. The molecule has 3 rings (SSSR count). The fourth-order valence-electron chi connectivity index (χ4n) is 3.34. The molecule has 148 valence electrons. The molecule has 28 heavy (non-hydrogen) atoms. The van der Waals surface area contributed by atoms with Crippen LogP contribution in [0.4, 0.5) is 5.69 Å². The monoisotopic (exact) mass is 417 g/mol. The summed E-state index contributed by atoms with van der Waals surface area (Å²) in [4.78, 5) is 27.0. The lowest BCUT2D eigenvalue weighted by molar-refractivity contribution is -0.122. The van der Waals surface area contributed by atoms with Crippen LogP contribution in [0.5, 0.6) is 0 Å². The van der Waals surface area contributed by atoms with Gasteiger partial charge in [0.05, 0.1) is 6.04 Å². The van der Waals surface area contributed by atoms with Crippen molar-refractivity contribution in [3.8, 4) is 0 Å². The summed E-state index contributed by atoms with van der Waals surface area (Å²) in [7, 11) is 0. The quantitative estimate of drug-likeness (QED) is 0.638. The van der Waals surface area contributed by atoms with E-state index in [1.165, 1.54) is 0 Å². The van der Waals surface area contributed by atoms with Crippen LogP contribution >= 0.6 is 23.4 Å². The van der Waals surface area contributed by atoms with Crippen molar-refractivity contribution in [2.45, 2.75) is 36.7 Å². The SMILES string of the molecule is NC(=O)C1CCCN1Cc1cccc(NC(=O)CCSc2ccc(Cl)cc2)c1. The Labute approximate surface area is 174 Å². The normalized spacial score (nSPS) is 16.8. The molecule has 3 N–H and O–H groups in total. The van der Waals surface area contributed by atoms with E-state index in [1.54, 1.807) is 11.8 Å². The van der Waals surface area contributed by atoms with Gasteiger partial charge in [0, 0.05) is 34.3 Å². The summed E-state index contributed by atoms with van der Waals surface area (Å²) in [6.07, 6.45) is 2.22. The molecule has 1 unspecified atom stereocenters. The number of hydrogen-bond acceptors (Lipinski definition) is 4. The molecule has 2 amide bonds. The van der Waals surface area contributed by atoms with Crippen LogP contribution in [0.2, 0.25) is 5.02 Å². The van der Waals surface area contributed by atoms with E-state index in [0.717, 1.165) is 35.5 Å². The van der Waals surface area contributed by atoms with Gasteiger partial charge in [0.2, 0.25) is 11.8 Å². The smallest absolute Gasteiger partial charge is 0.234 e. The predicted molar refractivity (Wildman–Crippen MR) is 114 cm³/mol. The number of nitrogens with zero attached hydrogens (tertiary/aromatic N) is 1. The van der Waals surface area contributed by atoms with Crippen LogP contribution in [0.3, 0.4) is 0 Å². The Morgan fingerprint density at radius 2 is 2.00 bits per heavy atom. The van der Waals surface area contributed by atoms with Crippen molar-refractivity contribution in [3.05, 3.63) is 59.1 Å². The van der Waals surface area contributed by atoms with Gasteiger partial charge in [-0.2, -0.15) is 0 Å². The highest BCUT2D eigenvalue weighted by Crippen LogP contribution is 2.23. The van der Waals surface area contributed by atoms with E-state index < -0.39 is 0 Å². The summed E-state index contributed by atoms with van der Waals surface area (Å²) in [5, 5.41) is 3.66. The Morgan fingerprint density at radius 3 is 2.75 bits per heavy atom. The van der Waals surface area contributed by atoms with Gasteiger partial charge < -0.3 is 11.1 Å². The number of benzene rings is 2. The summed E-state index contributed by atoms with van der Waals surface area (Å²) in [5.41, 5.74) is 7.32. The molecule has 2 aromatic carbocycles. The molecule has 0 saturated carbocycles. The molecular formula is C21H24ClN3O2S. The van der Waals surface area contributed by atoms with E-state index in [9.17, 15) is 9.59 Å². The van der Waals surface area contributed by atoms with E-state index in [2.05, 4.69) is 10.2 Å². The lowest BCUT2D eigenvalue weighted by Gasteiger charge is -2.22. The summed E-state index contributed by atoms with van der Waals surface area (Å²) in [5.74, 6) is 0.413. The molecule has 0 radical (unpaired) electrons. The molecule has 1 aliphatic heterocycles. The second kappa shape index (κ2) is 9.96. The number of hydrogen-bond donors (Lipinski definition) is 2. The van der Waals surface area contributed by atoms with Gasteiger partial charge in [0.25, 0.3) is 0 Å². The molecule has 0 aromatic heterocycles. The van der Waals surface area contributed by atoms with Gasteiger partial charge in [-0.3, -0.25) is 14.5 Å². The maximum absolute atomic E-state index is 12.2. The number of rotatable bonds is 8. The highest BCUT2D eigenvalue weighted by Gasteiger charge is 2.28. The molecule has 1 fully saturated rings. The number of primary amides is 1. The first-order valence-corrected chi connectivity index (χ1v) is 10.7. The van der Waals surface area contributed by atoms with Crippen LogP contribution in [-0.4, -0.2) is 35.1 Å². The largest absolute Gasteiger partial charge is 0.368 e. The Morgan fingerprint density at radius 1 is 1.21 bits per heavy atom. The number of carbonyl (C=O) groups is 2. The Kier molecular flexibility index (Phi) is 7.36. The minimum absolute atomic E-state index is 0.0187. The maximum atomic E-state index is 12.2. The summed E-state index contributed by atoms with van der Waals surface area (Å²) < 4.78 is 0. The molecule has 1 atom stereocenters. The Bertz CT molecular complexity index is 829. The molecular weight excluding hydrogens is 394 g/mol. The van der Waals surface area contributed by atoms with E-state index in [4.69, 9.17) is 17.3 Å². The van der Waals surface area contributed by atoms with Gasteiger partial charge in [-0.15, -0.1) is 11.8 Å². The zero-order chi connectivity index (χ0) is 19.9. The Hall–Kier alpha value is -2.02. The van der Waals surface area contributed by atoms with Gasteiger partial charge in [0.1, 0.15) is 0 Å². The van der Waals surface area contributed by atoms with Crippen LogP contribution in [-0.2, 0) is 16.1 Å². The van der Waals surface area contributed by atoms with Crippen molar-refractivity contribution < 1.29 is 9.59 Å². The summed E-state index contributed by atoms with van der Waals surface area (Å²) in [6.45, 7) is 1.52. The molecule has 0 aliphatic carbocycles. The van der Waals surface area contributed by atoms with Crippen LogP contribution in [0.25, 0.3) is 0 Å². The lowest BCUT2D eigenvalue weighted by atomic mass is 10.1. The number of carbonyl (C=O) groups excluding carboxylic acids is 2. The van der Waals surface area contributed by atoms with E-state index in [0.29, 0.717) is 23.7 Å². The number of nitrogens with one attached hydrogen (secondary N) is 1. The molecule has 1 heterocycles. The number of anilines is 1. The molecule has 2 aromatic rings. The number of likely N-dealkylation sites (tertiary alicyclic amines) is 1. The fraction of sp³-hybridized carbons (Fsp3) is 0.333. The molecule has 7 heteroatoms. The highest BCUT2D eigenvalue weighted by molar-refractivity contribution is 7.99. The second-order valence-electron chi connectivity index (χ2n) is 6.83. The van der Waals surface area contributed by atoms with E-state index in [1.807, 2.05) is 48.5 Å². The van der Waals surface area contributed by atoms with E-state index >= 15 is 0 Å². The van der Waals surface area contributed by atoms with Crippen LogP contribution in [0, 0.1) is 0 Å². The predicted octanol–water partition coefficient (Wildman–Crippen LogP) is 3.91. The number of nitrogens with two attached hydrogens (primary N) is 1. The molecule has 0 bridgehead atoms. The topological polar surface area (TPSA) is 75.4 Å². The van der Waals surface area contributed by atoms with Crippen molar-refractivity contribution in [2.24, 2.45) is 5.73 Å². The number of halogens is 1. The minimum atomic E-state index is -0.264. The fourth-order valence-corrected chi connectivity index (χ4v) is 4.31. The van der Waals surface area contributed by atoms with Crippen molar-refractivity contribution in [3.63, 3.8) is 0 Å². The summed E-state index contributed by atoms with van der Waals surface area (Å²) >= 11 is 7.50. The Balaban J connectivity index is 1.49. The van der Waals surface area contributed by atoms with E-state index in [-0.39, 0.29) is 17.9 Å². The standard InChI is InChI=1S/C21H24ClN3O2S/c22-16-6-8-18(9-7-16)28-12-10-20(26)24-17-4-1-3-15(13-17)14-25-11-2-5-19(25)21(23)27/h1,3-4,6-9,13,19H,2,5,10-12,14H2,(H2,23,27)(H,24,26).